The van der Waals surface area contributed by atoms with Crippen molar-refractivity contribution in [1.29, 1.82) is 5.26 Å². The maximum atomic E-state index is 13.6. The number of rotatable bonds is 5. The van der Waals surface area contributed by atoms with E-state index in [1.54, 1.807) is 40.8 Å². The molecule has 0 radical (unpaired) electrons. The molecule has 4 rings (SSSR count). The van der Waals surface area contributed by atoms with Crippen molar-refractivity contribution >= 4 is 35.0 Å². The molecule has 2 aliphatic heterocycles. The summed E-state index contributed by atoms with van der Waals surface area (Å²) in [5.74, 6) is -0.773. The van der Waals surface area contributed by atoms with E-state index in [9.17, 15) is 14.9 Å². The van der Waals surface area contributed by atoms with Crippen LogP contribution in [0.2, 0.25) is 0 Å². The average molecular weight is 456 g/mol. The van der Waals surface area contributed by atoms with Crippen molar-refractivity contribution in [2.75, 3.05) is 18.1 Å². The molecule has 164 valence electrons. The van der Waals surface area contributed by atoms with Gasteiger partial charge in [0.2, 0.25) is 0 Å². The fraction of sp³-hybridized carbons (Fsp3) is 0.115. The molecule has 0 spiro atoms. The highest BCUT2D eigenvalue weighted by atomic mass is 32.2. The smallest absolute Gasteiger partial charge is 0.348 e. The van der Waals surface area contributed by atoms with E-state index in [0.29, 0.717) is 5.70 Å². The van der Waals surface area contributed by atoms with Crippen LogP contribution in [-0.2, 0) is 14.3 Å². The summed E-state index contributed by atoms with van der Waals surface area (Å²) < 4.78 is 4.90. The minimum absolute atomic E-state index is 0.0785. The first kappa shape index (κ1) is 22.2. The van der Waals surface area contributed by atoms with Gasteiger partial charge in [-0.3, -0.25) is 9.69 Å². The second-order valence-corrected chi connectivity index (χ2v) is 8.18. The molecule has 0 N–H and O–H groups in total. The van der Waals surface area contributed by atoms with Gasteiger partial charge >= 0.3 is 5.97 Å². The van der Waals surface area contributed by atoms with E-state index in [2.05, 4.69) is 0 Å². The van der Waals surface area contributed by atoms with E-state index in [4.69, 9.17) is 4.74 Å². The van der Waals surface area contributed by atoms with Crippen LogP contribution in [0.1, 0.15) is 6.92 Å². The van der Waals surface area contributed by atoms with Crippen LogP contribution in [0.4, 0.5) is 11.4 Å². The number of fused-ring (bicyclic) bond motifs is 2. The first-order chi connectivity index (χ1) is 16.1. The highest BCUT2D eigenvalue weighted by Crippen LogP contribution is 2.47. The van der Waals surface area contributed by atoms with Crippen molar-refractivity contribution < 1.29 is 14.3 Å². The Kier molecular flexibility index (Phi) is 6.77. The van der Waals surface area contributed by atoms with Gasteiger partial charge in [0.1, 0.15) is 18.2 Å². The molecule has 6 nitrogen and oxygen atoms in total. The lowest BCUT2D eigenvalue weighted by atomic mass is 10.2. The second-order valence-electron chi connectivity index (χ2n) is 7.10. The Morgan fingerprint density at radius 3 is 2.36 bits per heavy atom. The summed E-state index contributed by atoms with van der Waals surface area (Å²) in [5, 5.41) is 9.26. The van der Waals surface area contributed by atoms with Crippen molar-refractivity contribution in [3.8, 4) is 6.07 Å². The quantitative estimate of drug-likeness (QED) is 0.355. The minimum Gasteiger partial charge on any atom is -0.462 e. The molecular formula is C26H21N3O3S. The first-order valence-electron chi connectivity index (χ1n) is 10.4. The van der Waals surface area contributed by atoms with Gasteiger partial charge in [-0.15, -0.1) is 0 Å². The zero-order valence-electron chi connectivity index (χ0n) is 18.0. The number of ether oxygens (including phenoxy) is 1. The Bertz CT molecular complexity index is 1210. The summed E-state index contributed by atoms with van der Waals surface area (Å²) in [6, 6.07) is 17.5. The zero-order valence-corrected chi connectivity index (χ0v) is 18.8. The average Bonchev–Trinajstić information content (AvgIpc) is 2.84. The van der Waals surface area contributed by atoms with Gasteiger partial charge in [0, 0.05) is 21.7 Å². The van der Waals surface area contributed by atoms with Gasteiger partial charge in [-0.1, -0.05) is 42.1 Å². The summed E-state index contributed by atoms with van der Waals surface area (Å²) in [6.45, 7) is 1.95. The molecule has 0 atom stereocenters. The van der Waals surface area contributed by atoms with Gasteiger partial charge < -0.3 is 9.64 Å². The number of nitriles is 1. The Morgan fingerprint density at radius 2 is 1.73 bits per heavy atom. The van der Waals surface area contributed by atoms with Gasteiger partial charge in [0.05, 0.1) is 18.0 Å². The van der Waals surface area contributed by atoms with Gasteiger partial charge in [-0.25, -0.2) is 4.79 Å². The van der Waals surface area contributed by atoms with Crippen LogP contribution >= 0.6 is 11.8 Å². The van der Waals surface area contributed by atoms with Crippen molar-refractivity contribution in [3.63, 3.8) is 0 Å². The number of amides is 1. The third kappa shape index (κ3) is 4.76. The molecule has 0 saturated heterocycles. The SMILES string of the molecule is CCOC(=O)/C(C#N)=C\C=C1/C=CC=CN1CC(=O)N1c2ccccc2Sc2ccccc21. The molecule has 1 amide bonds. The van der Waals surface area contributed by atoms with E-state index in [-0.39, 0.29) is 24.6 Å². The maximum absolute atomic E-state index is 13.6. The highest BCUT2D eigenvalue weighted by Gasteiger charge is 2.29. The highest BCUT2D eigenvalue weighted by molar-refractivity contribution is 7.99. The van der Waals surface area contributed by atoms with Crippen molar-refractivity contribution in [1.82, 2.24) is 4.90 Å². The van der Waals surface area contributed by atoms with Crippen molar-refractivity contribution in [2.24, 2.45) is 0 Å². The zero-order chi connectivity index (χ0) is 23.2. The number of hydrogen-bond donors (Lipinski definition) is 0. The largest absolute Gasteiger partial charge is 0.462 e. The Morgan fingerprint density at radius 1 is 1.06 bits per heavy atom. The molecule has 0 fully saturated rings. The van der Waals surface area contributed by atoms with Crippen LogP contribution in [0, 0.1) is 11.3 Å². The number of hydrogen-bond acceptors (Lipinski definition) is 6. The predicted molar refractivity (Wildman–Crippen MR) is 128 cm³/mol. The maximum Gasteiger partial charge on any atom is 0.348 e. The van der Waals surface area contributed by atoms with E-state index < -0.39 is 5.97 Å². The molecular weight excluding hydrogens is 434 g/mol. The fourth-order valence-electron chi connectivity index (χ4n) is 3.50. The summed E-state index contributed by atoms with van der Waals surface area (Å²) in [7, 11) is 0. The van der Waals surface area contributed by atoms with E-state index >= 15 is 0 Å². The number of nitrogens with zero attached hydrogens (tertiary/aromatic N) is 3. The first-order valence-corrected chi connectivity index (χ1v) is 11.2. The molecule has 7 heteroatoms. The van der Waals surface area contributed by atoms with Gasteiger partial charge in [-0.05, 0) is 55.5 Å². The Hall–Kier alpha value is -4.02. The standard InChI is InChI=1S/C26H21N3O3S/c1-2-32-26(31)19(17-27)14-15-20-9-7-8-16-28(20)18-25(30)29-21-10-3-5-12-23(21)33-24-13-6-4-11-22(24)29/h3-16H,2,18H2,1H3/b19-14-,20-15+. The predicted octanol–water partition coefficient (Wildman–Crippen LogP) is 5.10. The third-order valence-electron chi connectivity index (χ3n) is 5.00. The molecule has 0 bridgehead atoms. The number of benzene rings is 2. The second kappa shape index (κ2) is 10.1. The molecule has 0 unspecified atom stereocenters. The Balaban J connectivity index is 1.62. The monoisotopic (exact) mass is 455 g/mol. The lowest BCUT2D eigenvalue weighted by molar-refractivity contribution is -0.138. The number of para-hydroxylation sites is 2. The molecule has 2 aromatic carbocycles. The number of carbonyl (C=O) groups excluding carboxylic acids is 2. The molecule has 0 aliphatic carbocycles. The topological polar surface area (TPSA) is 73.6 Å². The normalized spacial score (nSPS) is 15.6. The van der Waals surface area contributed by atoms with Gasteiger partial charge in [-0.2, -0.15) is 5.26 Å². The van der Waals surface area contributed by atoms with Crippen LogP contribution in [0.3, 0.4) is 0 Å². The Labute approximate surface area is 196 Å². The molecule has 33 heavy (non-hydrogen) atoms. The third-order valence-corrected chi connectivity index (χ3v) is 6.13. The van der Waals surface area contributed by atoms with E-state index in [1.165, 1.54) is 6.08 Å². The summed E-state index contributed by atoms with van der Waals surface area (Å²) >= 11 is 1.64. The molecule has 0 aromatic heterocycles. The number of carbonyl (C=O) groups is 2. The van der Waals surface area contributed by atoms with Crippen LogP contribution < -0.4 is 4.90 Å². The van der Waals surface area contributed by atoms with Crippen LogP contribution in [-0.4, -0.2) is 29.9 Å². The van der Waals surface area contributed by atoms with E-state index in [0.717, 1.165) is 21.2 Å². The van der Waals surface area contributed by atoms with Crippen LogP contribution in [0.25, 0.3) is 0 Å². The van der Waals surface area contributed by atoms with Gasteiger partial charge in [0.15, 0.2) is 0 Å². The summed E-state index contributed by atoms with van der Waals surface area (Å²) in [6.07, 6.45) is 10.3. The molecule has 2 aromatic rings. The molecule has 2 heterocycles. The summed E-state index contributed by atoms with van der Waals surface area (Å²) in [5.41, 5.74) is 2.27. The minimum atomic E-state index is -0.672. The number of anilines is 2. The van der Waals surface area contributed by atoms with Gasteiger partial charge in [0.25, 0.3) is 5.91 Å². The lowest BCUT2D eigenvalue weighted by Gasteiger charge is -2.33. The number of allylic oxidation sites excluding steroid dienone is 5. The number of esters is 1. The van der Waals surface area contributed by atoms with Crippen molar-refractivity contribution in [2.45, 2.75) is 16.7 Å². The van der Waals surface area contributed by atoms with Crippen LogP contribution in [0.15, 0.2) is 106 Å². The summed E-state index contributed by atoms with van der Waals surface area (Å²) in [4.78, 5) is 31.0. The fourth-order valence-corrected chi connectivity index (χ4v) is 4.56. The van der Waals surface area contributed by atoms with Crippen LogP contribution in [0.5, 0.6) is 0 Å². The van der Waals surface area contributed by atoms with Crippen molar-refractivity contribution in [3.05, 3.63) is 96.4 Å². The molecule has 2 aliphatic rings. The van der Waals surface area contributed by atoms with E-state index in [1.807, 2.05) is 72.8 Å². The lowest BCUT2D eigenvalue weighted by Crippen LogP contribution is -2.37. The molecule has 0 saturated carbocycles.